The number of hydrogen-bond donors (Lipinski definition) is 2. The van der Waals surface area contributed by atoms with Crippen LogP contribution in [0.3, 0.4) is 0 Å². The van der Waals surface area contributed by atoms with E-state index in [1.807, 2.05) is 6.07 Å². The van der Waals surface area contributed by atoms with Crippen molar-refractivity contribution in [2.24, 2.45) is 0 Å². The molecule has 3 rings (SSSR count). The number of carbonyl (C=O) groups excluding carboxylic acids is 2. The first kappa shape index (κ1) is 17.6. The first-order chi connectivity index (χ1) is 12.4. The highest BCUT2D eigenvalue weighted by molar-refractivity contribution is 6.01. The molecule has 1 heterocycles. The minimum Gasteiger partial charge on any atom is -0.493 e. The number of amides is 2. The van der Waals surface area contributed by atoms with E-state index in [2.05, 4.69) is 10.6 Å². The Hall–Kier alpha value is -3.22. The molecule has 0 unspecified atom stereocenters. The number of anilines is 2. The number of nitrogens with one attached hydrogen (secondary N) is 2. The summed E-state index contributed by atoms with van der Waals surface area (Å²) >= 11 is 0. The quantitative estimate of drug-likeness (QED) is 0.860. The molecule has 0 radical (unpaired) electrons. The monoisotopic (exact) mass is 356 g/mol. The van der Waals surface area contributed by atoms with Gasteiger partial charge in [-0.25, -0.2) is 0 Å². The van der Waals surface area contributed by atoms with Crippen LogP contribution in [0, 0.1) is 0 Å². The van der Waals surface area contributed by atoms with Crippen LogP contribution in [0.5, 0.6) is 17.2 Å². The number of ether oxygens (including phenoxy) is 3. The standard InChI is InChI=1S/C19H20N2O5/c1-19(2)18(23)21-13-10-12(8-9-14(13)26-19)20-17(22)11-25-16-7-5-4-6-15(16)24-3/h4-10H,11H2,1-3H3,(H,20,22)(H,21,23). The lowest BCUT2D eigenvalue weighted by atomic mass is 10.1. The smallest absolute Gasteiger partial charge is 0.268 e. The largest absolute Gasteiger partial charge is 0.493 e. The summed E-state index contributed by atoms with van der Waals surface area (Å²) in [4.78, 5) is 24.1. The highest BCUT2D eigenvalue weighted by Gasteiger charge is 2.35. The second kappa shape index (κ2) is 6.95. The van der Waals surface area contributed by atoms with Crippen molar-refractivity contribution < 1.29 is 23.8 Å². The SMILES string of the molecule is COc1ccccc1OCC(=O)Nc1ccc2c(c1)NC(=O)C(C)(C)O2. The molecule has 1 aliphatic rings. The molecule has 0 bridgehead atoms. The van der Waals surface area contributed by atoms with Crippen LogP contribution in [0.4, 0.5) is 11.4 Å². The van der Waals surface area contributed by atoms with Crippen molar-refractivity contribution in [3.63, 3.8) is 0 Å². The van der Waals surface area contributed by atoms with E-state index in [9.17, 15) is 9.59 Å². The minimum atomic E-state index is -0.930. The molecule has 0 aliphatic carbocycles. The van der Waals surface area contributed by atoms with Crippen molar-refractivity contribution in [1.82, 2.24) is 0 Å². The molecule has 0 fully saturated rings. The normalized spacial score (nSPS) is 14.5. The molecule has 26 heavy (non-hydrogen) atoms. The van der Waals surface area contributed by atoms with E-state index in [0.717, 1.165) is 0 Å². The third-order valence-corrected chi connectivity index (χ3v) is 3.85. The number of hydrogen-bond acceptors (Lipinski definition) is 5. The Balaban J connectivity index is 1.63. The molecule has 0 atom stereocenters. The molecule has 2 amide bonds. The van der Waals surface area contributed by atoms with Crippen LogP contribution in [0.25, 0.3) is 0 Å². The predicted molar refractivity (Wildman–Crippen MR) is 96.9 cm³/mol. The fourth-order valence-corrected chi connectivity index (χ4v) is 2.47. The Morgan fingerprint density at radius 3 is 2.65 bits per heavy atom. The fraction of sp³-hybridized carbons (Fsp3) is 0.263. The molecule has 136 valence electrons. The lowest BCUT2D eigenvalue weighted by Gasteiger charge is -2.31. The van der Waals surface area contributed by atoms with Crippen molar-refractivity contribution in [3.8, 4) is 17.2 Å². The fourth-order valence-electron chi connectivity index (χ4n) is 2.47. The Labute approximate surface area is 151 Å². The van der Waals surface area contributed by atoms with Gasteiger partial charge in [-0.3, -0.25) is 9.59 Å². The first-order valence-electron chi connectivity index (χ1n) is 8.09. The van der Waals surface area contributed by atoms with E-state index in [1.54, 1.807) is 50.2 Å². The summed E-state index contributed by atoms with van der Waals surface area (Å²) in [5.41, 5.74) is 0.110. The van der Waals surface area contributed by atoms with Gasteiger partial charge in [-0.1, -0.05) is 12.1 Å². The zero-order chi connectivity index (χ0) is 18.7. The number of benzene rings is 2. The van der Waals surface area contributed by atoms with Gasteiger partial charge in [-0.15, -0.1) is 0 Å². The maximum atomic E-state index is 12.1. The average Bonchev–Trinajstić information content (AvgIpc) is 2.61. The zero-order valence-electron chi connectivity index (χ0n) is 14.8. The van der Waals surface area contributed by atoms with Crippen LogP contribution in [0.15, 0.2) is 42.5 Å². The summed E-state index contributed by atoms with van der Waals surface area (Å²) in [6.45, 7) is 3.21. The third-order valence-electron chi connectivity index (χ3n) is 3.85. The highest BCUT2D eigenvalue weighted by Crippen LogP contribution is 2.35. The van der Waals surface area contributed by atoms with E-state index >= 15 is 0 Å². The summed E-state index contributed by atoms with van der Waals surface area (Å²) < 4.78 is 16.3. The van der Waals surface area contributed by atoms with Crippen LogP contribution in [-0.2, 0) is 9.59 Å². The van der Waals surface area contributed by atoms with Crippen molar-refractivity contribution in [1.29, 1.82) is 0 Å². The number of methoxy groups -OCH3 is 1. The molecular formula is C19H20N2O5. The summed E-state index contributed by atoms with van der Waals surface area (Å²) in [5, 5.41) is 5.50. The molecular weight excluding hydrogens is 336 g/mol. The van der Waals surface area contributed by atoms with Crippen LogP contribution < -0.4 is 24.8 Å². The molecule has 0 spiro atoms. The number of rotatable bonds is 5. The molecule has 2 aromatic rings. The molecule has 2 aromatic carbocycles. The summed E-state index contributed by atoms with van der Waals surface area (Å²) in [5.74, 6) is 1.01. The summed E-state index contributed by atoms with van der Waals surface area (Å²) in [7, 11) is 1.53. The maximum absolute atomic E-state index is 12.1. The van der Waals surface area contributed by atoms with E-state index < -0.39 is 5.60 Å². The minimum absolute atomic E-state index is 0.173. The molecule has 7 nitrogen and oxygen atoms in total. The van der Waals surface area contributed by atoms with Crippen LogP contribution >= 0.6 is 0 Å². The topological polar surface area (TPSA) is 85.9 Å². The Bertz CT molecular complexity index is 848. The van der Waals surface area contributed by atoms with Gasteiger partial charge in [-0.2, -0.15) is 0 Å². The van der Waals surface area contributed by atoms with Crippen molar-refractivity contribution in [3.05, 3.63) is 42.5 Å². The van der Waals surface area contributed by atoms with E-state index in [4.69, 9.17) is 14.2 Å². The van der Waals surface area contributed by atoms with E-state index in [-0.39, 0.29) is 18.4 Å². The van der Waals surface area contributed by atoms with Gasteiger partial charge >= 0.3 is 0 Å². The second-order valence-electron chi connectivity index (χ2n) is 6.27. The molecule has 1 aliphatic heterocycles. The van der Waals surface area contributed by atoms with Gasteiger partial charge in [-0.05, 0) is 44.2 Å². The molecule has 0 saturated carbocycles. The number of carbonyl (C=O) groups is 2. The Kier molecular flexibility index (Phi) is 4.71. The van der Waals surface area contributed by atoms with Crippen molar-refractivity contribution in [2.75, 3.05) is 24.4 Å². The zero-order valence-corrected chi connectivity index (χ0v) is 14.8. The number of para-hydroxylation sites is 2. The second-order valence-corrected chi connectivity index (χ2v) is 6.27. The summed E-state index contributed by atoms with van der Waals surface area (Å²) in [6, 6.07) is 12.1. The van der Waals surface area contributed by atoms with E-state index in [0.29, 0.717) is 28.6 Å². The van der Waals surface area contributed by atoms with Gasteiger partial charge in [0.1, 0.15) is 5.75 Å². The van der Waals surface area contributed by atoms with Gasteiger partial charge in [0.2, 0.25) is 0 Å². The van der Waals surface area contributed by atoms with Crippen LogP contribution in [0.2, 0.25) is 0 Å². The van der Waals surface area contributed by atoms with Gasteiger partial charge < -0.3 is 24.8 Å². The molecule has 2 N–H and O–H groups in total. The lowest BCUT2D eigenvalue weighted by molar-refractivity contribution is -0.129. The first-order valence-corrected chi connectivity index (χ1v) is 8.09. The van der Waals surface area contributed by atoms with Gasteiger partial charge in [0.05, 0.1) is 12.8 Å². The molecule has 7 heteroatoms. The molecule has 0 aromatic heterocycles. The van der Waals surface area contributed by atoms with Gasteiger partial charge in [0.15, 0.2) is 23.7 Å². The van der Waals surface area contributed by atoms with Crippen molar-refractivity contribution in [2.45, 2.75) is 19.4 Å². The maximum Gasteiger partial charge on any atom is 0.268 e. The lowest BCUT2D eigenvalue weighted by Crippen LogP contribution is -2.45. The summed E-state index contributed by atoms with van der Waals surface area (Å²) in [6.07, 6.45) is 0. The van der Waals surface area contributed by atoms with Crippen LogP contribution in [0.1, 0.15) is 13.8 Å². The molecule has 0 saturated heterocycles. The Morgan fingerprint density at radius 2 is 1.92 bits per heavy atom. The van der Waals surface area contributed by atoms with Gasteiger partial charge in [0.25, 0.3) is 11.8 Å². The third kappa shape index (κ3) is 3.72. The predicted octanol–water partition coefficient (Wildman–Crippen LogP) is 2.82. The highest BCUT2D eigenvalue weighted by atomic mass is 16.5. The average molecular weight is 356 g/mol. The van der Waals surface area contributed by atoms with E-state index in [1.165, 1.54) is 7.11 Å². The van der Waals surface area contributed by atoms with Crippen molar-refractivity contribution >= 4 is 23.2 Å². The Morgan fingerprint density at radius 1 is 1.19 bits per heavy atom. The van der Waals surface area contributed by atoms with Gasteiger partial charge in [0, 0.05) is 5.69 Å². The number of fused-ring (bicyclic) bond motifs is 1. The van der Waals surface area contributed by atoms with Crippen LogP contribution in [-0.4, -0.2) is 31.1 Å².